The summed E-state index contributed by atoms with van der Waals surface area (Å²) in [6, 6.07) is 8.17. The largest absolute Gasteiger partial charge is 0.465 e. The summed E-state index contributed by atoms with van der Waals surface area (Å²) >= 11 is 0. The molecule has 11 heteroatoms. The smallest absolute Gasteiger partial charge is 0.338 e. The molecule has 1 aromatic carbocycles. The number of Topliss-reactive ketones (excluding diaryl/α,β-unsaturated/α-hetero) is 2. The Morgan fingerprint density at radius 2 is 1.56 bits per heavy atom. The third-order valence-corrected chi connectivity index (χ3v) is 11.9. The van der Waals surface area contributed by atoms with Crippen LogP contribution in [0.15, 0.2) is 30.3 Å². The summed E-state index contributed by atoms with van der Waals surface area (Å²) in [5.41, 5.74) is -5.71. The first-order valence-electron chi connectivity index (χ1n) is 16.9. The van der Waals surface area contributed by atoms with Gasteiger partial charge in [0.05, 0.1) is 16.9 Å². The molecule has 4 aliphatic rings. The van der Waals surface area contributed by atoms with Crippen LogP contribution in [0, 0.1) is 45.8 Å². The Morgan fingerprint density at radius 1 is 0.917 bits per heavy atom. The average Bonchev–Trinajstić information content (AvgIpc) is 3.45. The molecule has 5 rings (SSSR count). The van der Waals surface area contributed by atoms with Crippen molar-refractivity contribution in [2.75, 3.05) is 6.61 Å². The van der Waals surface area contributed by atoms with E-state index in [1.54, 1.807) is 51.1 Å². The van der Waals surface area contributed by atoms with Gasteiger partial charge < -0.3 is 24.1 Å². The van der Waals surface area contributed by atoms with E-state index < -0.39 is 94.2 Å². The van der Waals surface area contributed by atoms with Gasteiger partial charge in [-0.15, -0.1) is 0 Å². The molecule has 4 fully saturated rings. The molecule has 0 aromatic heterocycles. The van der Waals surface area contributed by atoms with E-state index in [1.807, 2.05) is 13.8 Å². The molecule has 11 atom stereocenters. The number of esters is 4. The second-order valence-electron chi connectivity index (χ2n) is 15.4. The summed E-state index contributed by atoms with van der Waals surface area (Å²) in [6.45, 7) is 12.5. The van der Waals surface area contributed by atoms with Gasteiger partial charge in [-0.3, -0.25) is 24.0 Å². The molecule has 0 aliphatic heterocycles. The third kappa shape index (κ3) is 5.55. The lowest BCUT2D eigenvalue weighted by atomic mass is 9.51. The Hall–Kier alpha value is -3.60. The maximum atomic E-state index is 15.3. The number of carbonyl (C=O) groups is 6. The van der Waals surface area contributed by atoms with E-state index in [2.05, 4.69) is 0 Å². The lowest BCUT2D eigenvalue weighted by Crippen LogP contribution is -2.64. The molecule has 0 heterocycles. The third-order valence-electron chi connectivity index (χ3n) is 11.9. The lowest BCUT2D eigenvalue weighted by Gasteiger charge is -2.55. The molecule has 0 amide bonds. The van der Waals surface area contributed by atoms with Gasteiger partial charge in [0.2, 0.25) is 0 Å². The Morgan fingerprint density at radius 3 is 2.12 bits per heavy atom. The van der Waals surface area contributed by atoms with Gasteiger partial charge in [0.25, 0.3) is 0 Å². The van der Waals surface area contributed by atoms with E-state index in [1.165, 1.54) is 20.8 Å². The zero-order chi connectivity index (χ0) is 35.6. The van der Waals surface area contributed by atoms with Crippen molar-refractivity contribution in [3.05, 3.63) is 35.9 Å². The summed E-state index contributed by atoms with van der Waals surface area (Å²) < 4.78 is 24.5. The Labute approximate surface area is 281 Å². The molecule has 48 heavy (non-hydrogen) atoms. The van der Waals surface area contributed by atoms with Gasteiger partial charge in [0.15, 0.2) is 5.78 Å². The molecule has 0 saturated heterocycles. The number of hydrogen-bond donors (Lipinski definition) is 1. The minimum atomic E-state index is -2.24. The molecule has 11 nitrogen and oxygen atoms in total. The zero-order valence-electron chi connectivity index (χ0n) is 29.1. The van der Waals surface area contributed by atoms with Crippen LogP contribution >= 0.6 is 0 Å². The van der Waals surface area contributed by atoms with Gasteiger partial charge in [0.1, 0.15) is 36.3 Å². The minimum Gasteiger partial charge on any atom is -0.465 e. The van der Waals surface area contributed by atoms with Crippen LogP contribution < -0.4 is 0 Å². The van der Waals surface area contributed by atoms with E-state index in [0.29, 0.717) is 6.42 Å². The van der Waals surface area contributed by atoms with Crippen LogP contribution in [0.25, 0.3) is 0 Å². The van der Waals surface area contributed by atoms with Gasteiger partial charge in [-0.2, -0.15) is 0 Å². The first-order chi connectivity index (χ1) is 22.4. The highest BCUT2D eigenvalue weighted by Crippen LogP contribution is 2.77. The Bertz CT molecular complexity index is 1500. The number of ether oxygens (including phenoxy) is 4. The van der Waals surface area contributed by atoms with Crippen molar-refractivity contribution in [1.29, 1.82) is 0 Å². The molecular formula is C37H48O11. The fourth-order valence-corrected chi connectivity index (χ4v) is 10.2. The topological polar surface area (TPSA) is 160 Å². The SMILES string of the molecule is CCC(=O)O[C@@H]1[C@@H]2[C@@H](OC(=O)c3ccccc3)[C@@]3(COC(C)=O)[C@@H]([C@@H]4[C@H](C[C@H]3OC(C)=O)C4(C)C)[C@](C)(CC(C)=O)C(=O)[C@@]2(O)C[C@@H]1C. The molecule has 0 radical (unpaired) electrons. The van der Waals surface area contributed by atoms with Crippen molar-refractivity contribution in [2.24, 2.45) is 45.8 Å². The number of fused-ring (bicyclic) bond motifs is 4. The first kappa shape index (κ1) is 35.7. The molecule has 0 spiro atoms. The van der Waals surface area contributed by atoms with Crippen molar-refractivity contribution in [1.82, 2.24) is 0 Å². The van der Waals surface area contributed by atoms with E-state index in [9.17, 15) is 29.1 Å². The Balaban J connectivity index is 1.89. The van der Waals surface area contributed by atoms with Crippen LogP contribution in [0.2, 0.25) is 0 Å². The van der Waals surface area contributed by atoms with Gasteiger partial charge in [-0.1, -0.05) is 52.8 Å². The standard InChI is InChI=1S/C37H48O11/c1-9-26(41)47-29-19(2)16-37(44)28(29)31(48-32(42)23-13-11-10-12-14-23)36(18-45-21(4)39)25(46-22(5)40)15-24-27(34(24,6)7)30(36)35(8,33(37)43)17-20(3)38/h10-14,19,24-25,27-31,44H,9,15-18H2,1-8H3/t19-,24-,25+,27-,28+,29-,30-,31+,35-,36+,37+/m0/s1. The zero-order valence-corrected chi connectivity index (χ0v) is 29.1. The van der Waals surface area contributed by atoms with Crippen molar-refractivity contribution in [2.45, 2.75) is 105 Å². The van der Waals surface area contributed by atoms with E-state index in [4.69, 9.17) is 18.9 Å². The van der Waals surface area contributed by atoms with Gasteiger partial charge in [-0.25, -0.2) is 4.79 Å². The monoisotopic (exact) mass is 668 g/mol. The number of hydrogen-bond acceptors (Lipinski definition) is 11. The van der Waals surface area contributed by atoms with Crippen LogP contribution in [0.4, 0.5) is 0 Å². The quantitative estimate of drug-likeness (QED) is 0.296. The summed E-state index contributed by atoms with van der Waals surface area (Å²) in [5, 5.41) is 12.9. The molecule has 262 valence electrons. The van der Waals surface area contributed by atoms with Crippen molar-refractivity contribution in [3.63, 3.8) is 0 Å². The molecule has 1 N–H and O–H groups in total. The van der Waals surface area contributed by atoms with Crippen molar-refractivity contribution < 1.29 is 52.8 Å². The maximum Gasteiger partial charge on any atom is 0.338 e. The molecular weight excluding hydrogens is 620 g/mol. The Kier molecular flexibility index (Phi) is 9.20. The van der Waals surface area contributed by atoms with Gasteiger partial charge >= 0.3 is 23.9 Å². The van der Waals surface area contributed by atoms with Crippen molar-refractivity contribution >= 4 is 35.4 Å². The predicted molar refractivity (Wildman–Crippen MR) is 170 cm³/mol. The summed E-state index contributed by atoms with van der Waals surface area (Å²) in [6.07, 6.45) is -3.77. The number of carbonyl (C=O) groups excluding carboxylic acids is 6. The fraction of sp³-hybridized carbons (Fsp3) is 0.676. The molecule has 1 aromatic rings. The molecule has 0 bridgehead atoms. The van der Waals surface area contributed by atoms with Crippen molar-refractivity contribution in [3.8, 4) is 0 Å². The highest BCUT2D eigenvalue weighted by atomic mass is 16.6. The lowest BCUT2D eigenvalue weighted by molar-refractivity contribution is -0.221. The normalized spacial score (nSPS) is 39.1. The first-order valence-corrected chi connectivity index (χ1v) is 16.9. The highest BCUT2D eigenvalue weighted by Gasteiger charge is 2.82. The molecule has 0 unspecified atom stereocenters. The minimum absolute atomic E-state index is 0.00800. The molecule has 4 saturated carbocycles. The number of aliphatic hydroxyl groups is 1. The second kappa shape index (κ2) is 12.4. The van der Waals surface area contributed by atoms with E-state index in [0.717, 1.165) is 0 Å². The van der Waals surface area contributed by atoms with Crippen LogP contribution in [0.1, 0.15) is 91.4 Å². The maximum absolute atomic E-state index is 15.3. The summed E-state index contributed by atoms with van der Waals surface area (Å²) in [5.74, 6) is -6.76. The van der Waals surface area contributed by atoms with Crippen LogP contribution in [0.3, 0.4) is 0 Å². The van der Waals surface area contributed by atoms with Gasteiger partial charge in [-0.05, 0) is 61.0 Å². The van der Waals surface area contributed by atoms with E-state index in [-0.39, 0.29) is 42.4 Å². The molecule has 4 aliphatic carbocycles. The number of ketones is 2. The van der Waals surface area contributed by atoms with Gasteiger partial charge in [0, 0.05) is 32.1 Å². The predicted octanol–water partition coefficient (Wildman–Crippen LogP) is 4.26. The highest BCUT2D eigenvalue weighted by molar-refractivity contribution is 5.97. The van der Waals surface area contributed by atoms with Crippen LogP contribution in [-0.2, 0) is 42.9 Å². The van der Waals surface area contributed by atoms with Crippen LogP contribution in [0.5, 0.6) is 0 Å². The second-order valence-corrected chi connectivity index (χ2v) is 15.4. The fourth-order valence-electron chi connectivity index (χ4n) is 10.2. The van der Waals surface area contributed by atoms with Crippen LogP contribution in [-0.4, -0.2) is 71.1 Å². The number of rotatable bonds is 9. The number of benzene rings is 1. The van der Waals surface area contributed by atoms with E-state index >= 15 is 4.79 Å². The summed E-state index contributed by atoms with van der Waals surface area (Å²) in [7, 11) is 0. The summed E-state index contributed by atoms with van der Waals surface area (Å²) in [4.78, 5) is 81.1. The average molecular weight is 669 g/mol.